The minimum atomic E-state index is -0.541. The van der Waals surface area contributed by atoms with Crippen molar-refractivity contribution in [3.63, 3.8) is 0 Å². The molecule has 25 heavy (non-hydrogen) atoms. The molecule has 3 aromatic carbocycles. The van der Waals surface area contributed by atoms with E-state index in [9.17, 15) is 4.79 Å². The normalized spacial score (nSPS) is 11.9. The summed E-state index contributed by atoms with van der Waals surface area (Å²) in [5, 5.41) is 5.11. The molecule has 1 amide bonds. The predicted octanol–water partition coefficient (Wildman–Crippen LogP) is 5.36. The van der Waals surface area contributed by atoms with Gasteiger partial charge in [-0.25, -0.2) is 0 Å². The van der Waals surface area contributed by atoms with Crippen molar-refractivity contribution in [3.05, 3.63) is 66.7 Å². The Labute approximate surface area is 152 Å². The van der Waals surface area contributed by atoms with Crippen LogP contribution in [0.2, 0.25) is 0 Å². The molecule has 0 heterocycles. The molecule has 0 spiro atoms. The van der Waals surface area contributed by atoms with Crippen LogP contribution in [-0.2, 0) is 4.79 Å². The van der Waals surface area contributed by atoms with Crippen LogP contribution in [0.25, 0.3) is 10.8 Å². The molecule has 0 fully saturated rings. The fourth-order valence-corrected chi connectivity index (χ4v) is 3.29. The Hall–Kier alpha value is -2.46. The van der Waals surface area contributed by atoms with Crippen LogP contribution in [0, 0.1) is 0 Å². The van der Waals surface area contributed by atoms with Crippen molar-refractivity contribution in [1.29, 1.82) is 0 Å². The zero-order chi connectivity index (χ0) is 17.6. The standard InChI is InChI=1S/C21H21NO2S/c1-3-18(21(23)22-17-12-6-7-14-20(17)25-2)24-19-13-8-10-15-9-4-5-11-16(15)19/h4-14,18H,3H2,1-2H3,(H,22,23)/t18-/m0/s1. The van der Waals surface area contributed by atoms with Gasteiger partial charge in [-0.3, -0.25) is 4.79 Å². The zero-order valence-corrected chi connectivity index (χ0v) is 15.2. The van der Waals surface area contributed by atoms with E-state index < -0.39 is 6.10 Å². The van der Waals surface area contributed by atoms with Gasteiger partial charge >= 0.3 is 0 Å². The van der Waals surface area contributed by atoms with Gasteiger partial charge in [0.1, 0.15) is 5.75 Å². The van der Waals surface area contributed by atoms with Crippen LogP contribution < -0.4 is 10.1 Å². The second-order valence-electron chi connectivity index (χ2n) is 5.68. The van der Waals surface area contributed by atoms with E-state index in [0.29, 0.717) is 6.42 Å². The number of hydrogen-bond donors (Lipinski definition) is 1. The molecule has 0 radical (unpaired) electrons. The lowest BCUT2D eigenvalue weighted by molar-refractivity contribution is -0.122. The van der Waals surface area contributed by atoms with Crippen molar-refractivity contribution in [2.45, 2.75) is 24.3 Å². The maximum Gasteiger partial charge on any atom is 0.265 e. The minimum absolute atomic E-state index is 0.128. The lowest BCUT2D eigenvalue weighted by atomic mass is 10.1. The fourth-order valence-electron chi connectivity index (χ4n) is 2.74. The molecule has 3 rings (SSSR count). The number of carbonyl (C=O) groups is 1. The number of nitrogens with one attached hydrogen (secondary N) is 1. The fraction of sp³-hybridized carbons (Fsp3) is 0.190. The third kappa shape index (κ3) is 3.97. The van der Waals surface area contributed by atoms with Gasteiger partial charge in [-0.2, -0.15) is 0 Å². The second-order valence-corrected chi connectivity index (χ2v) is 6.53. The van der Waals surface area contributed by atoms with Gasteiger partial charge in [-0.1, -0.05) is 55.5 Å². The van der Waals surface area contributed by atoms with E-state index in [-0.39, 0.29) is 5.91 Å². The van der Waals surface area contributed by atoms with Crippen molar-refractivity contribution < 1.29 is 9.53 Å². The monoisotopic (exact) mass is 351 g/mol. The molecule has 0 saturated carbocycles. The highest BCUT2D eigenvalue weighted by atomic mass is 32.2. The third-order valence-electron chi connectivity index (χ3n) is 4.05. The van der Waals surface area contributed by atoms with Crippen molar-refractivity contribution in [3.8, 4) is 5.75 Å². The summed E-state index contributed by atoms with van der Waals surface area (Å²) in [4.78, 5) is 13.7. The smallest absolute Gasteiger partial charge is 0.265 e. The second kappa shape index (κ2) is 8.08. The molecule has 128 valence electrons. The van der Waals surface area contributed by atoms with Crippen molar-refractivity contribution in [1.82, 2.24) is 0 Å². The maximum absolute atomic E-state index is 12.7. The summed E-state index contributed by atoms with van der Waals surface area (Å²) in [7, 11) is 0. The molecular weight excluding hydrogens is 330 g/mol. The number of fused-ring (bicyclic) bond motifs is 1. The summed E-state index contributed by atoms with van der Waals surface area (Å²) >= 11 is 1.61. The first-order valence-corrected chi connectivity index (χ1v) is 9.53. The number of carbonyl (C=O) groups excluding carboxylic acids is 1. The molecule has 1 atom stereocenters. The van der Waals surface area contributed by atoms with Crippen LogP contribution in [0.4, 0.5) is 5.69 Å². The van der Waals surface area contributed by atoms with Gasteiger partial charge < -0.3 is 10.1 Å². The Bertz CT molecular complexity index is 873. The van der Waals surface area contributed by atoms with Gasteiger partial charge in [-0.15, -0.1) is 11.8 Å². The number of anilines is 1. The number of rotatable bonds is 6. The SMILES string of the molecule is CC[C@H](Oc1cccc2ccccc12)C(=O)Nc1ccccc1SC. The Morgan fingerprint density at radius 3 is 2.56 bits per heavy atom. The summed E-state index contributed by atoms with van der Waals surface area (Å²) in [6, 6.07) is 21.7. The van der Waals surface area contributed by atoms with Gasteiger partial charge in [0.15, 0.2) is 6.10 Å². The summed E-state index contributed by atoms with van der Waals surface area (Å²) in [6.07, 6.45) is 2.05. The van der Waals surface area contributed by atoms with Gasteiger partial charge in [0.05, 0.1) is 5.69 Å². The highest BCUT2D eigenvalue weighted by Crippen LogP contribution is 2.28. The first-order valence-electron chi connectivity index (χ1n) is 8.31. The number of para-hydroxylation sites is 1. The highest BCUT2D eigenvalue weighted by molar-refractivity contribution is 7.98. The van der Waals surface area contributed by atoms with E-state index >= 15 is 0 Å². The number of thioether (sulfide) groups is 1. The Kier molecular flexibility index (Phi) is 5.61. The molecular formula is C21H21NO2S. The lowest BCUT2D eigenvalue weighted by Gasteiger charge is -2.19. The Balaban J connectivity index is 1.81. The summed E-state index contributed by atoms with van der Waals surface area (Å²) in [5.41, 5.74) is 0.819. The first-order chi connectivity index (χ1) is 12.2. The van der Waals surface area contributed by atoms with Crippen LogP contribution >= 0.6 is 11.8 Å². The number of ether oxygens (including phenoxy) is 1. The average molecular weight is 351 g/mol. The van der Waals surface area contributed by atoms with E-state index in [1.165, 1.54) is 0 Å². The minimum Gasteiger partial charge on any atom is -0.480 e. The van der Waals surface area contributed by atoms with E-state index in [0.717, 1.165) is 27.1 Å². The van der Waals surface area contributed by atoms with Gasteiger partial charge in [0.25, 0.3) is 5.91 Å². The largest absolute Gasteiger partial charge is 0.480 e. The molecule has 0 bridgehead atoms. The molecule has 3 aromatic rings. The van der Waals surface area contributed by atoms with Gasteiger partial charge in [0, 0.05) is 10.3 Å². The van der Waals surface area contributed by atoms with E-state index in [1.54, 1.807) is 11.8 Å². The average Bonchev–Trinajstić information content (AvgIpc) is 2.66. The maximum atomic E-state index is 12.7. The van der Waals surface area contributed by atoms with Gasteiger partial charge in [-0.05, 0) is 36.3 Å². The van der Waals surface area contributed by atoms with E-state index in [4.69, 9.17) is 4.74 Å². The topological polar surface area (TPSA) is 38.3 Å². The number of benzene rings is 3. The molecule has 0 unspecified atom stereocenters. The highest BCUT2D eigenvalue weighted by Gasteiger charge is 2.20. The molecule has 0 aliphatic heterocycles. The third-order valence-corrected chi connectivity index (χ3v) is 4.84. The Morgan fingerprint density at radius 1 is 1.04 bits per heavy atom. The first kappa shape index (κ1) is 17.4. The van der Waals surface area contributed by atoms with Crippen LogP contribution in [0.5, 0.6) is 5.75 Å². The quantitative estimate of drug-likeness (QED) is 0.608. The number of hydrogen-bond acceptors (Lipinski definition) is 3. The molecule has 4 heteroatoms. The van der Waals surface area contributed by atoms with Crippen molar-refractivity contribution in [2.24, 2.45) is 0 Å². The summed E-state index contributed by atoms with van der Waals surface area (Å²) in [6.45, 7) is 1.95. The van der Waals surface area contributed by atoms with Crippen molar-refractivity contribution in [2.75, 3.05) is 11.6 Å². The van der Waals surface area contributed by atoms with E-state index in [2.05, 4.69) is 5.32 Å². The lowest BCUT2D eigenvalue weighted by Crippen LogP contribution is -2.32. The van der Waals surface area contributed by atoms with E-state index in [1.807, 2.05) is 79.9 Å². The van der Waals surface area contributed by atoms with Crippen LogP contribution in [0.3, 0.4) is 0 Å². The van der Waals surface area contributed by atoms with Gasteiger partial charge in [0.2, 0.25) is 0 Å². The van der Waals surface area contributed by atoms with Crippen LogP contribution in [-0.4, -0.2) is 18.3 Å². The Morgan fingerprint density at radius 2 is 1.76 bits per heavy atom. The van der Waals surface area contributed by atoms with Crippen LogP contribution in [0.15, 0.2) is 71.6 Å². The number of amides is 1. The molecule has 0 aliphatic carbocycles. The molecule has 0 aromatic heterocycles. The van der Waals surface area contributed by atoms with Crippen molar-refractivity contribution >= 4 is 34.1 Å². The summed E-state index contributed by atoms with van der Waals surface area (Å²) in [5.74, 6) is 0.607. The zero-order valence-electron chi connectivity index (χ0n) is 14.4. The van der Waals surface area contributed by atoms with Crippen LogP contribution in [0.1, 0.15) is 13.3 Å². The molecule has 0 saturated heterocycles. The predicted molar refractivity (Wildman–Crippen MR) is 106 cm³/mol. The molecule has 1 N–H and O–H groups in total. The summed E-state index contributed by atoms with van der Waals surface area (Å²) < 4.78 is 6.07. The molecule has 3 nitrogen and oxygen atoms in total. The molecule has 0 aliphatic rings.